The molecular formula is C20H20N4O4. The van der Waals surface area contributed by atoms with Gasteiger partial charge in [-0.2, -0.15) is 0 Å². The fraction of sp³-hybridized carbons (Fsp3) is 0.300. The van der Waals surface area contributed by atoms with Crippen LogP contribution < -0.4 is 10.2 Å². The number of hydrogen-bond acceptors (Lipinski definition) is 4. The average molecular weight is 380 g/mol. The summed E-state index contributed by atoms with van der Waals surface area (Å²) in [6.45, 7) is 0. The van der Waals surface area contributed by atoms with Crippen LogP contribution in [-0.4, -0.2) is 24.1 Å². The largest absolute Gasteiger partial charge is 0.502 e. The molecule has 0 aliphatic heterocycles. The first-order chi connectivity index (χ1) is 13.6. The van der Waals surface area contributed by atoms with E-state index >= 15 is 0 Å². The van der Waals surface area contributed by atoms with E-state index in [2.05, 4.69) is 0 Å². The molecule has 2 atom stereocenters. The Morgan fingerprint density at radius 2 is 1.14 bits per heavy atom. The first-order valence-electron chi connectivity index (χ1n) is 9.04. The van der Waals surface area contributed by atoms with Crippen LogP contribution >= 0.6 is 0 Å². The van der Waals surface area contributed by atoms with Gasteiger partial charge in [-0.25, -0.2) is 9.59 Å². The minimum Gasteiger partial charge on any atom is -0.502 e. The summed E-state index contributed by atoms with van der Waals surface area (Å²) in [5, 5.41) is 3.95. The molecule has 3 rings (SSSR count). The molecule has 0 aromatic heterocycles. The van der Waals surface area contributed by atoms with E-state index in [1.54, 1.807) is 36.4 Å². The van der Waals surface area contributed by atoms with Crippen molar-refractivity contribution >= 4 is 23.3 Å². The molecular weight excluding hydrogens is 360 g/mol. The SMILES string of the molecule is [N-]=[NH+]c1ccccc1C(=O)O[C@@H]1CCCC[C@H]1OC(=O)c1ccccc1[NH+]=[N-]. The lowest BCUT2D eigenvalue weighted by Crippen LogP contribution is -2.55. The van der Waals surface area contributed by atoms with E-state index in [1.807, 2.05) is 10.2 Å². The standard InChI is InChI=1S/C20H20N4O4/c21-23-15-9-3-1-7-13(15)19(25)27-17-11-5-6-12-18(17)28-20(26)14-8-2-4-10-16(14)24-22/h1-4,7-10,17-18,23-24H,5-6,11-12H2/t17-,18-/m1/s1. The molecule has 8 heteroatoms. The fourth-order valence-electron chi connectivity index (χ4n) is 3.25. The van der Waals surface area contributed by atoms with Crippen LogP contribution in [0.1, 0.15) is 46.4 Å². The maximum atomic E-state index is 12.5. The van der Waals surface area contributed by atoms with Crippen molar-refractivity contribution in [3.63, 3.8) is 0 Å². The molecule has 0 saturated heterocycles. The number of hydrogen-bond donors (Lipinski definition) is 2. The molecule has 0 radical (unpaired) electrons. The second kappa shape index (κ2) is 8.98. The van der Waals surface area contributed by atoms with Crippen LogP contribution in [0.5, 0.6) is 0 Å². The Hall–Kier alpha value is -3.42. The van der Waals surface area contributed by atoms with E-state index in [9.17, 15) is 9.59 Å². The minimum absolute atomic E-state index is 0.190. The lowest BCUT2D eigenvalue weighted by Gasteiger charge is -2.30. The third-order valence-electron chi connectivity index (χ3n) is 4.69. The Labute approximate surface area is 161 Å². The van der Waals surface area contributed by atoms with Crippen LogP contribution in [0.15, 0.2) is 48.5 Å². The number of nitrogens with zero attached hydrogens (tertiary/aromatic N) is 2. The second-order valence-electron chi connectivity index (χ2n) is 6.49. The number of para-hydroxylation sites is 2. The summed E-state index contributed by atoms with van der Waals surface area (Å²) in [7, 11) is 0. The van der Waals surface area contributed by atoms with E-state index in [4.69, 9.17) is 20.5 Å². The summed E-state index contributed by atoms with van der Waals surface area (Å²) in [6, 6.07) is 12.8. The summed E-state index contributed by atoms with van der Waals surface area (Å²) in [5.41, 5.74) is 19.2. The Morgan fingerprint density at radius 3 is 1.54 bits per heavy atom. The molecule has 8 nitrogen and oxygen atoms in total. The van der Waals surface area contributed by atoms with Crippen molar-refractivity contribution < 1.29 is 29.3 Å². The molecule has 0 unspecified atom stereocenters. The number of esters is 2. The van der Waals surface area contributed by atoms with E-state index in [0.717, 1.165) is 12.8 Å². The van der Waals surface area contributed by atoms with Crippen LogP contribution in [0.2, 0.25) is 0 Å². The van der Waals surface area contributed by atoms with Crippen molar-refractivity contribution in [3.8, 4) is 0 Å². The third kappa shape index (κ3) is 4.28. The fourth-order valence-corrected chi connectivity index (χ4v) is 3.25. The number of carbonyl (C=O) groups excluding carboxylic acids is 2. The summed E-state index contributed by atoms with van der Waals surface area (Å²) in [5.74, 6) is -1.22. The van der Waals surface area contributed by atoms with Crippen molar-refractivity contribution in [2.45, 2.75) is 37.9 Å². The molecule has 2 N–H and O–H groups in total. The summed E-state index contributed by atoms with van der Waals surface area (Å²) in [4.78, 5) is 25.1. The van der Waals surface area contributed by atoms with Gasteiger partial charge in [0.1, 0.15) is 23.3 Å². The molecule has 0 bridgehead atoms. The predicted molar refractivity (Wildman–Crippen MR) is 97.7 cm³/mol. The highest BCUT2D eigenvalue weighted by atomic mass is 16.6. The summed E-state index contributed by atoms with van der Waals surface area (Å²) < 4.78 is 11.2. The number of ether oxygens (including phenoxy) is 2. The molecule has 2 aromatic carbocycles. The van der Waals surface area contributed by atoms with Crippen LogP contribution in [0.3, 0.4) is 0 Å². The summed E-state index contributed by atoms with van der Waals surface area (Å²) in [6.07, 6.45) is 1.65. The topological polar surface area (TPSA) is 125 Å². The van der Waals surface area contributed by atoms with Crippen LogP contribution in [-0.2, 0) is 9.47 Å². The molecule has 1 saturated carbocycles. The van der Waals surface area contributed by atoms with Crippen LogP contribution in [0.25, 0.3) is 11.1 Å². The highest BCUT2D eigenvalue weighted by Gasteiger charge is 2.33. The van der Waals surface area contributed by atoms with E-state index < -0.39 is 24.1 Å². The number of rotatable bonds is 6. The normalized spacial score (nSPS) is 18.7. The third-order valence-corrected chi connectivity index (χ3v) is 4.69. The number of benzene rings is 2. The number of nitrogens with one attached hydrogen (secondary N) is 2. The molecule has 1 fully saturated rings. The van der Waals surface area contributed by atoms with Crippen molar-refractivity contribution in [2.75, 3.05) is 0 Å². The maximum Gasteiger partial charge on any atom is 0.345 e. The van der Waals surface area contributed by atoms with Gasteiger partial charge in [-0.05, 0) is 37.8 Å². The van der Waals surface area contributed by atoms with E-state index in [-0.39, 0.29) is 22.5 Å². The van der Waals surface area contributed by atoms with Gasteiger partial charge in [-0.3, -0.25) is 10.2 Å². The van der Waals surface area contributed by atoms with Crippen molar-refractivity contribution in [1.82, 2.24) is 0 Å². The molecule has 0 spiro atoms. The molecule has 28 heavy (non-hydrogen) atoms. The zero-order chi connectivity index (χ0) is 19.9. The van der Waals surface area contributed by atoms with Crippen molar-refractivity contribution in [1.29, 1.82) is 0 Å². The van der Waals surface area contributed by atoms with Crippen molar-refractivity contribution in [2.24, 2.45) is 0 Å². The Kier molecular flexibility index (Phi) is 6.21. The molecule has 2 aromatic rings. The lowest BCUT2D eigenvalue weighted by atomic mass is 9.94. The minimum atomic E-state index is -0.609. The first-order valence-corrected chi connectivity index (χ1v) is 9.04. The lowest BCUT2D eigenvalue weighted by molar-refractivity contribution is -0.380. The second-order valence-corrected chi connectivity index (χ2v) is 6.49. The molecule has 1 aliphatic carbocycles. The zero-order valence-corrected chi connectivity index (χ0v) is 15.1. The highest BCUT2D eigenvalue weighted by Crippen LogP contribution is 2.27. The van der Waals surface area contributed by atoms with Crippen molar-refractivity contribution in [3.05, 3.63) is 70.7 Å². The Balaban J connectivity index is 1.73. The quantitative estimate of drug-likeness (QED) is 0.581. The Morgan fingerprint density at radius 1 is 0.750 bits per heavy atom. The van der Waals surface area contributed by atoms with Crippen LogP contribution in [0, 0.1) is 0 Å². The first kappa shape index (κ1) is 19.3. The van der Waals surface area contributed by atoms with E-state index in [0.29, 0.717) is 12.8 Å². The molecule has 144 valence electrons. The zero-order valence-electron chi connectivity index (χ0n) is 15.1. The smallest absolute Gasteiger partial charge is 0.345 e. The molecule has 0 amide bonds. The molecule has 1 aliphatic rings. The van der Waals surface area contributed by atoms with Gasteiger partial charge >= 0.3 is 11.9 Å². The predicted octanol–water partition coefficient (Wildman–Crippen LogP) is 1.48. The van der Waals surface area contributed by atoms with Gasteiger partial charge in [0.15, 0.2) is 0 Å². The van der Waals surface area contributed by atoms with Gasteiger partial charge in [0.25, 0.3) is 0 Å². The van der Waals surface area contributed by atoms with Gasteiger partial charge in [0.2, 0.25) is 11.4 Å². The van der Waals surface area contributed by atoms with Gasteiger partial charge < -0.3 is 20.5 Å². The summed E-state index contributed by atoms with van der Waals surface area (Å²) >= 11 is 0. The number of carbonyl (C=O) groups is 2. The van der Waals surface area contributed by atoms with Gasteiger partial charge in [-0.1, -0.05) is 24.3 Å². The molecule has 0 heterocycles. The monoisotopic (exact) mass is 380 g/mol. The van der Waals surface area contributed by atoms with E-state index in [1.165, 1.54) is 12.1 Å². The van der Waals surface area contributed by atoms with Crippen LogP contribution in [0.4, 0.5) is 11.4 Å². The van der Waals surface area contributed by atoms with Gasteiger partial charge in [0, 0.05) is 12.1 Å². The maximum absolute atomic E-state index is 12.5. The van der Waals surface area contributed by atoms with Gasteiger partial charge in [-0.15, -0.1) is 0 Å². The highest BCUT2D eigenvalue weighted by molar-refractivity contribution is 5.94. The van der Waals surface area contributed by atoms with Gasteiger partial charge in [0.05, 0.1) is 0 Å². The average Bonchev–Trinajstić information content (AvgIpc) is 2.74. The Bertz CT molecular complexity index is 826.